The molecule has 1 aliphatic heterocycles. The molecule has 0 unspecified atom stereocenters. The topological polar surface area (TPSA) is 97.5 Å². The number of carbonyl (C=O) groups is 2. The number of aromatic nitrogens is 1. The van der Waals surface area contributed by atoms with E-state index in [0.29, 0.717) is 26.1 Å². The van der Waals surface area contributed by atoms with Crippen molar-refractivity contribution in [1.29, 1.82) is 0 Å². The molecule has 1 aromatic heterocycles. The van der Waals surface area contributed by atoms with Crippen molar-refractivity contribution in [1.82, 2.24) is 15.2 Å². The van der Waals surface area contributed by atoms with Gasteiger partial charge >= 0.3 is 0 Å². The average Bonchev–Trinajstić information content (AvgIpc) is 3.52. The minimum atomic E-state index is -0.710. The second kappa shape index (κ2) is 11.5. The summed E-state index contributed by atoms with van der Waals surface area (Å²) in [5.74, 6) is -0.412. The number of nitrogens with two attached hydrogens (primary N) is 1. The first kappa shape index (κ1) is 27.0. The van der Waals surface area contributed by atoms with Crippen molar-refractivity contribution in [2.75, 3.05) is 6.54 Å². The molecule has 0 radical (unpaired) electrons. The molecule has 3 N–H and O–H groups in total. The van der Waals surface area contributed by atoms with Crippen LogP contribution in [0.5, 0.6) is 0 Å². The van der Waals surface area contributed by atoms with Gasteiger partial charge in [0.1, 0.15) is 6.04 Å². The van der Waals surface area contributed by atoms with Crippen LogP contribution in [0.25, 0.3) is 10.4 Å². The van der Waals surface area contributed by atoms with Crippen LogP contribution in [-0.2, 0) is 27.5 Å². The quantitative estimate of drug-likeness (QED) is 0.462. The second-order valence-corrected chi connectivity index (χ2v) is 11.5. The SMILES string of the molecule is Cc1ncsc1-c1ccc(CNC(=O)[C@@H]2C[C@@H](OCc3ccccc3)CN2C(=O)[C@@H](N)C(C)(C)C)cc1. The zero-order valence-corrected chi connectivity index (χ0v) is 22.8. The Morgan fingerprint density at radius 3 is 2.46 bits per heavy atom. The summed E-state index contributed by atoms with van der Waals surface area (Å²) in [6.45, 7) is 8.94. The molecule has 1 saturated heterocycles. The third-order valence-electron chi connectivity index (χ3n) is 6.80. The largest absolute Gasteiger partial charge is 0.372 e. The molecule has 2 amide bonds. The van der Waals surface area contributed by atoms with Gasteiger partial charge in [0.25, 0.3) is 0 Å². The van der Waals surface area contributed by atoms with Crippen molar-refractivity contribution >= 4 is 23.2 Å². The number of nitrogens with one attached hydrogen (secondary N) is 1. The standard InChI is InChI=1S/C29H36N4O3S/c1-19-25(37-18-32-19)22-12-10-20(11-13-22)15-31-27(34)24-14-23(36-17-21-8-6-5-7-9-21)16-33(24)28(35)26(30)29(2,3)4/h5-13,18,23-24,26H,14-17,30H2,1-4H3,(H,31,34)/t23-,24+,26-/m1/s1. The van der Waals surface area contributed by atoms with Crippen LogP contribution in [0.15, 0.2) is 60.1 Å². The fourth-order valence-electron chi connectivity index (χ4n) is 4.41. The first-order chi connectivity index (χ1) is 17.6. The molecule has 0 aliphatic carbocycles. The fraction of sp³-hybridized carbons (Fsp3) is 0.414. The Morgan fingerprint density at radius 2 is 1.84 bits per heavy atom. The van der Waals surface area contributed by atoms with Crippen molar-refractivity contribution in [3.63, 3.8) is 0 Å². The highest BCUT2D eigenvalue weighted by Gasteiger charge is 2.43. The van der Waals surface area contributed by atoms with Crippen molar-refractivity contribution in [2.24, 2.45) is 11.1 Å². The molecule has 37 heavy (non-hydrogen) atoms. The lowest BCUT2D eigenvalue weighted by molar-refractivity contribution is -0.141. The van der Waals surface area contributed by atoms with Crippen LogP contribution >= 0.6 is 11.3 Å². The van der Waals surface area contributed by atoms with Crippen LogP contribution in [0, 0.1) is 12.3 Å². The maximum Gasteiger partial charge on any atom is 0.243 e. The molecule has 4 rings (SSSR count). The van der Waals surface area contributed by atoms with E-state index in [1.807, 2.05) is 87.8 Å². The van der Waals surface area contributed by atoms with Gasteiger partial charge in [0, 0.05) is 19.5 Å². The molecule has 1 aliphatic rings. The van der Waals surface area contributed by atoms with Gasteiger partial charge in [-0.1, -0.05) is 75.4 Å². The summed E-state index contributed by atoms with van der Waals surface area (Å²) in [4.78, 5) is 33.7. The van der Waals surface area contributed by atoms with E-state index in [-0.39, 0.29) is 17.9 Å². The van der Waals surface area contributed by atoms with Gasteiger partial charge in [-0.05, 0) is 29.0 Å². The third-order valence-corrected chi connectivity index (χ3v) is 7.78. The molecule has 7 nitrogen and oxygen atoms in total. The van der Waals surface area contributed by atoms with Gasteiger partial charge in [-0.3, -0.25) is 9.59 Å². The van der Waals surface area contributed by atoms with Gasteiger partial charge in [-0.15, -0.1) is 11.3 Å². The van der Waals surface area contributed by atoms with Gasteiger partial charge in [-0.25, -0.2) is 4.98 Å². The molecular formula is C29H36N4O3S. The summed E-state index contributed by atoms with van der Waals surface area (Å²) < 4.78 is 6.12. The maximum atomic E-state index is 13.3. The van der Waals surface area contributed by atoms with Gasteiger partial charge in [0.2, 0.25) is 11.8 Å². The van der Waals surface area contributed by atoms with Crippen molar-refractivity contribution < 1.29 is 14.3 Å². The monoisotopic (exact) mass is 520 g/mol. The number of hydrogen-bond donors (Lipinski definition) is 2. The van der Waals surface area contributed by atoms with E-state index in [9.17, 15) is 9.59 Å². The highest BCUT2D eigenvalue weighted by atomic mass is 32.1. The highest BCUT2D eigenvalue weighted by Crippen LogP contribution is 2.28. The first-order valence-electron chi connectivity index (χ1n) is 12.6. The summed E-state index contributed by atoms with van der Waals surface area (Å²) in [6, 6.07) is 16.7. The van der Waals surface area contributed by atoms with Crippen LogP contribution in [0.2, 0.25) is 0 Å². The Bertz CT molecular complexity index is 1200. The molecule has 1 fully saturated rings. The van der Waals surface area contributed by atoms with Gasteiger partial charge in [0.05, 0.1) is 34.8 Å². The summed E-state index contributed by atoms with van der Waals surface area (Å²) in [5, 5.41) is 3.02. The predicted molar refractivity (Wildman–Crippen MR) is 147 cm³/mol. The zero-order chi connectivity index (χ0) is 26.6. The Hall–Kier alpha value is -3.07. The van der Waals surface area contributed by atoms with E-state index in [1.54, 1.807) is 16.2 Å². The number of thiazole rings is 1. The average molecular weight is 521 g/mol. The molecule has 2 heterocycles. The molecule has 8 heteroatoms. The van der Waals surface area contributed by atoms with Gasteiger partial charge in [-0.2, -0.15) is 0 Å². The maximum absolute atomic E-state index is 13.3. The summed E-state index contributed by atoms with van der Waals surface area (Å²) in [7, 11) is 0. The molecule has 3 aromatic rings. The summed E-state index contributed by atoms with van der Waals surface area (Å²) in [6.07, 6.45) is 0.194. The number of likely N-dealkylation sites (tertiary alicyclic amines) is 1. The van der Waals surface area contributed by atoms with E-state index >= 15 is 0 Å². The van der Waals surface area contributed by atoms with Crippen LogP contribution in [0.3, 0.4) is 0 Å². The minimum Gasteiger partial charge on any atom is -0.372 e. The molecule has 3 atom stereocenters. The lowest BCUT2D eigenvalue weighted by Crippen LogP contribution is -2.54. The fourth-order valence-corrected chi connectivity index (χ4v) is 5.22. The van der Waals surface area contributed by atoms with E-state index in [4.69, 9.17) is 10.5 Å². The van der Waals surface area contributed by atoms with Crippen LogP contribution < -0.4 is 11.1 Å². The van der Waals surface area contributed by atoms with E-state index in [2.05, 4.69) is 10.3 Å². The first-order valence-corrected chi connectivity index (χ1v) is 13.5. The van der Waals surface area contributed by atoms with Gasteiger partial charge < -0.3 is 20.7 Å². The predicted octanol–water partition coefficient (Wildman–Crippen LogP) is 4.29. The number of carbonyl (C=O) groups excluding carboxylic acids is 2. The number of hydrogen-bond acceptors (Lipinski definition) is 6. The normalized spacial score (nSPS) is 18.6. The minimum absolute atomic E-state index is 0.192. The van der Waals surface area contributed by atoms with E-state index < -0.39 is 17.5 Å². The number of rotatable bonds is 8. The number of aryl methyl sites for hydroxylation is 1. The van der Waals surface area contributed by atoms with E-state index in [0.717, 1.165) is 27.3 Å². The number of nitrogens with zero attached hydrogens (tertiary/aromatic N) is 2. The number of benzene rings is 2. The molecular weight excluding hydrogens is 484 g/mol. The molecule has 2 aromatic carbocycles. The third kappa shape index (κ3) is 6.63. The van der Waals surface area contributed by atoms with Crippen molar-refractivity contribution in [2.45, 2.75) is 65.5 Å². The zero-order valence-electron chi connectivity index (χ0n) is 21.9. The molecule has 0 spiro atoms. The Labute approximate surface area is 223 Å². The Balaban J connectivity index is 1.42. The van der Waals surface area contributed by atoms with Crippen LogP contribution in [0.1, 0.15) is 44.0 Å². The van der Waals surface area contributed by atoms with Crippen LogP contribution in [0.4, 0.5) is 0 Å². The van der Waals surface area contributed by atoms with Crippen LogP contribution in [-0.4, -0.2) is 46.4 Å². The van der Waals surface area contributed by atoms with E-state index in [1.165, 1.54) is 0 Å². The highest BCUT2D eigenvalue weighted by molar-refractivity contribution is 7.13. The lowest BCUT2D eigenvalue weighted by atomic mass is 9.86. The smallest absolute Gasteiger partial charge is 0.243 e. The molecule has 196 valence electrons. The van der Waals surface area contributed by atoms with Crippen molar-refractivity contribution in [3.8, 4) is 10.4 Å². The number of ether oxygens (including phenoxy) is 1. The van der Waals surface area contributed by atoms with Gasteiger partial charge in [0.15, 0.2) is 0 Å². The molecule has 0 saturated carbocycles. The second-order valence-electron chi connectivity index (χ2n) is 10.7. The molecule has 0 bridgehead atoms. The Kier molecular flexibility index (Phi) is 8.42. The lowest BCUT2D eigenvalue weighted by Gasteiger charge is -2.32. The number of amides is 2. The summed E-state index contributed by atoms with van der Waals surface area (Å²) in [5.41, 5.74) is 11.9. The summed E-state index contributed by atoms with van der Waals surface area (Å²) >= 11 is 1.61. The Morgan fingerprint density at radius 1 is 1.14 bits per heavy atom. The van der Waals surface area contributed by atoms with Crippen molar-refractivity contribution in [3.05, 3.63) is 76.9 Å².